The third-order valence-electron chi connectivity index (χ3n) is 3.12. The van der Waals surface area contributed by atoms with Crippen molar-refractivity contribution >= 4 is 0 Å². The molecular formula is C14H21NO. The summed E-state index contributed by atoms with van der Waals surface area (Å²) in [5.74, 6) is 1.49. The molecule has 88 valence electrons. The van der Waals surface area contributed by atoms with Crippen molar-refractivity contribution in [1.29, 1.82) is 0 Å². The lowest BCUT2D eigenvalue weighted by atomic mass is 9.83. The van der Waals surface area contributed by atoms with Crippen LogP contribution in [0.4, 0.5) is 0 Å². The van der Waals surface area contributed by atoms with E-state index >= 15 is 0 Å². The number of hydrogen-bond donors (Lipinski definition) is 0. The molecule has 0 spiro atoms. The number of ether oxygens (including phenoxy) is 1. The second-order valence-corrected chi connectivity index (χ2v) is 5.87. The molecular weight excluding hydrogens is 198 g/mol. The Labute approximate surface area is 98.0 Å². The lowest BCUT2D eigenvalue weighted by Crippen LogP contribution is -2.15. The summed E-state index contributed by atoms with van der Waals surface area (Å²) in [4.78, 5) is 4.59. The zero-order valence-corrected chi connectivity index (χ0v) is 10.9. The highest BCUT2D eigenvalue weighted by atomic mass is 16.5. The standard InChI is InChI=1S/C14H21NO/c1-9(2)12-13-10(6-7-16-13)11(8-15-12)14(3,4)5/h8-9H,6-7H2,1-5H3. The van der Waals surface area contributed by atoms with Gasteiger partial charge in [0.05, 0.1) is 12.3 Å². The normalized spacial score (nSPS) is 15.1. The van der Waals surface area contributed by atoms with Crippen LogP contribution in [0.25, 0.3) is 0 Å². The summed E-state index contributed by atoms with van der Waals surface area (Å²) in [7, 11) is 0. The molecule has 0 aromatic carbocycles. The lowest BCUT2D eigenvalue weighted by Gasteiger charge is -2.23. The van der Waals surface area contributed by atoms with E-state index in [1.54, 1.807) is 0 Å². The molecule has 1 aromatic rings. The molecule has 16 heavy (non-hydrogen) atoms. The van der Waals surface area contributed by atoms with Gasteiger partial charge in [0.2, 0.25) is 0 Å². The highest BCUT2D eigenvalue weighted by molar-refractivity contribution is 5.48. The van der Waals surface area contributed by atoms with Gasteiger partial charge < -0.3 is 4.74 Å². The number of aromatic nitrogens is 1. The largest absolute Gasteiger partial charge is 0.491 e. The van der Waals surface area contributed by atoms with Gasteiger partial charge in [-0.1, -0.05) is 34.6 Å². The zero-order valence-electron chi connectivity index (χ0n) is 10.9. The summed E-state index contributed by atoms with van der Waals surface area (Å²) in [6, 6.07) is 0. The smallest absolute Gasteiger partial charge is 0.144 e. The summed E-state index contributed by atoms with van der Waals surface area (Å²) in [5.41, 5.74) is 3.98. The molecule has 0 saturated heterocycles. The highest BCUT2D eigenvalue weighted by Crippen LogP contribution is 2.38. The van der Waals surface area contributed by atoms with E-state index in [0.717, 1.165) is 24.5 Å². The predicted octanol–water partition coefficient (Wildman–Crippen LogP) is 3.44. The Hall–Kier alpha value is -1.05. The van der Waals surface area contributed by atoms with Gasteiger partial charge in [-0.2, -0.15) is 0 Å². The topological polar surface area (TPSA) is 22.1 Å². The van der Waals surface area contributed by atoms with Crippen molar-refractivity contribution in [3.05, 3.63) is 23.0 Å². The Morgan fingerprint density at radius 1 is 1.31 bits per heavy atom. The Morgan fingerprint density at radius 2 is 2.00 bits per heavy atom. The highest BCUT2D eigenvalue weighted by Gasteiger charge is 2.27. The van der Waals surface area contributed by atoms with Crippen molar-refractivity contribution in [2.24, 2.45) is 0 Å². The van der Waals surface area contributed by atoms with E-state index in [1.165, 1.54) is 11.1 Å². The Bertz CT molecular complexity index is 402. The van der Waals surface area contributed by atoms with Crippen molar-refractivity contribution in [2.75, 3.05) is 6.61 Å². The van der Waals surface area contributed by atoms with Gasteiger partial charge >= 0.3 is 0 Å². The van der Waals surface area contributed by atoms with Gasteiger partial charge in [0.1, 0.15) is 5.75 Å². The summed E-state index contributed by atoms with van der Waals surface area (Å²) in [6.45, 7) is 11.8. The molecule has 0 N–H and O–H groups in total. The van der Waals surface area contributed by atoms with Crippen molar-refractivity contribution in [2.45, 2.75) is 52.4 Å². The van der Waals surface area contributed by atoms with Crippen molar-refractivity contribution in [3.8, 4) is 5.75 Å². The average molecular weight is 219 g/mol. The van der Waals surface area contributed by atoms with Gasteiger partial charge in [0.25, 0.3) is 0 Å². The van der Waals surface area contributed by atoms with E-state index in [4.69, 9.17) is 4.74 Å². The van der Waals surface area contributed by atoms with Gasteiger partial charge in [-0.3, -0.25) is 4.98 Å². The van der Waals surface area contributed by atoms with Crippen molar-refractivity contribution in [1.82, 2.24) is 4.98 Å². The molecule has 0 radical (unpaired) electrons. The van der Waals surface area contributed by atoms with Crippen LogP contribution in [0.2, 0.25) is 0 Å². The van der Waals surface area contributed by atoms with E-state index in [1.807, 2.05) is 6.20 Å². The van der Waals surface area contributed by atoms with Gasteiger partial charge in [-0.25, -0.2) is 0 Å². The number of fused-ring (bicyclic) bond motifs is 1. The first-order valence-corrected chi connectivity index (χ1v) is 6.06. The molecule has 2 nitrogen and oxygen atoms in total. The molecule has 1 aliphatic heterocycles. The maximum absolute atomic E-state index is 5.76. The van der Waals surface area contributed by atoms with Crippen LogP contribution in [0.3, 0.4) is 0 Å². The van der Waals surface area contributed by atoms with E-state index < -0.39 is 0 Å². The third kappa shape index (κ3) is 1.81. The first-order chi connectivity index (χ1) is 7.41. The van der Waals surface area contributed by atoms with Gasteiger partial charge in [0.15, 0.2) is 0 Å². The average Bonchev–Trinajstić information content (AvgIpc) is 2.61. The molecule has 2 heterocycles. The first kappa shape index (κ1) is 11.4. The fourth-order valence-electron chi connectivity index (χ4n) is 2.27. The zero-order chi connectivity index (χ0) is 11.9. The van der Waals surface area contributed by atoms with Crippen LogP contribution in [0.5, 0.6) is 5.75 Å². The summed E-state index contributed by atoms with van der Waals surface area (Å²) in [6.07, 6.45) is 3.08. The second-order valence-electron chi connectivity index (χ2n) is 5.87. The molecule has 2 rings (SSSR count). The summed E-state index contributed by atoms with van der Waals surface area (Å²) in [5, 5.41) is 0. The molecule has 0 aliphatic carbocycles. The van der Waals surface area contributed by atoms with E-state index in [2.05, 4.69) is 39.6 Å². The van der Waals surface area contributed by atoms with Crippen LogP contribution in [0.15, 0.2) is 6.20 Å². The minimum absolute atomic E-state index is 0.153. The quantitative estimate of drug-likeness (QED) is 0.722. The van der Waals surface area contributed by atoms with Crippen LogP contribution in [0.1, 0.15) is 57.4 Å². The number of pyridine rings is 1. The van der Waals surface area contributed by atoms with Gasteiger partial charge in [0, 0.05) is 18.2 Å². The molecule has 2 heteroatoms. The van der Waals surface area contributed by atoms with Crippen LogP contribution in [-0.4, -0.2) is 11.6 Å². The maximum Gasteiger partial charge on any atom is 0.144 e. The van der Waals surface area contributed by atoms with Crippen LogP contribution in [0, 0.1) is 0 Å². The molecule has 1 aromatic heterocycles. The molecule has 0 amide bonds. The number of rotatable bonds is 1. The van der Waals surface area contributed by atoms with Crippen molar-refractivity contribution in [3.63, 3.8) is 0 Å². The first-order valence-electron chi connectivity index (χ1n) is 6.06. The number of nitrogens with zero attached hydrogens (tertiary/aromatic N) is 1. The lowest BCUT2D eigenvalue weighted by molar-refractivity contribution is 0.350. The fourth-order valence-corrected chi connectivity index (χ4v) is 2.27. The molecule has 0 atom stereocenters. The summed E-state index contributed by atoms with van der Waals surface area (Å²) >= 11 is 0. The fraction of sp³-hybridized carbons (Fsp3) is 0.643. The minimum atomic E-state index is 0.153. The molecule has 1 aliphatic rings. The van der Waals surface area contributed by atoms with Gasteiger partial charge in [-0.15, -0.1) is 0 Å². The third-order valence-corrected chi connectivity index (χ3v) is 3.12. The summed E-state index contributed by atoms with van der Waals surface area (Å²) < 4.78 is 5.76. The Balaban J connectivity index is 2.58. The van der Waals surface area contributed by atoms with Crippen LogP contribution in [-0.2, 0) is 11.8 Å². The molecule has 0 unspecified atom stereocenters. The minimum Gasteiger partial charge on any atom is -0.491 e. The molecule has 0 saturated carbocycles. The predicted molar refractivity (Wildman–Crippen MR) is 66.2 cm³/mol. The Morgan fingerprint density at radius 3 is 2.56 bits per heavy atom. The molecule has 0 bridgehead atoms. The molecule has 0 fully saturated rings. The Kier molecular flexibility index (Phi) is 2.69. The van der Waals surface area contributed by atoms with Gasteiger partial charge in [-0.05, 0) is 16.9 Å². The van der Waals surface area contributed by atoms with E-state index in [9.17, 15) is 0 Å². The monoisotopic (exact) mass is 219 g/mol. The van der Waals surface area contributed by atoms with E-state index in [0.29, 0.717) is 5.92 Å². The van der Waals surface area contributed by atoms with Crippen LogP contribution >= 0.6 is 0 Å². The second kappa shape index (κ2) is 3.76. The maximum atomic E-state index is 5.76. The van der Waals surface area contributed by atoms with Crippen LogP contribution < -0.4 is 4.74 Å². The SMILES string of the molecule is CC(C)c1ncc(C(C)(C)C)c2c1OCC2. The van der Waals surface area contributed by atoms with E-state index in [-0.39, 0.29) is 5.41 Å². The number of hydrogen-bond acceptors (Lipinski definition) is 2. The van der Waals surface area contributed by atoms with Crippen molar-refractivity contribution < 1.29 is 4.74 Å².